The molecule has 0 saturated heterocycles. The Hall–Kier alpha value is -0.540. The lowest BCUT2D eigenvalue weighted by Crippen LogP contribution is -2.32. The van der Waals surface area contributed by atoms with Gasteiger partial charge in [-0.1, -0.05) is 61.7 Å². The van der Waals surface area contributed by atoms with Crippen molar-refractivity contribution >= 4 is 31.9 Å². The second-order valence-corrected chi connectivity index (χ2v) is 5.84. The first-order valence-corrected chi connectivity index (χ1v) is 8.15. The maximum absolute atomic E-state index is 5.17. The third kappa shape index (κ3) is 2.89. The van der Waals surface area contributed by atoms with Crippen molar-refractivity contribution in [2.75, 3.05) is 10.7 Å². The summed E-state index contributed by atoms with van der Waals surface area (Å²) in [4.78, 5) is 0. The molecule has 2 aromatic rings. The molecule has 0 bridgehead atoms. The minimum absolute atomic E-state index is 0.0670. The summed E-state index contributed by atoms with van der Waals surface area (Å²) in [6.07, 6.45) is 4.52. The van der Waals surface area contributed by atoms with Crippen molar-refractivity contribution in [3.8, 4) is 0 Å². The molecular weight excluding hydrogens is 356 g/mol. The monoisotopic (exact) mass is 370 g/mol. The van der Waals surface area contributed by atoms with Crippen molar-refractivity contribution < 1.29 is 4.42 Å². The number of furan rings is 1. The number of alkyl halides is 2. The van der Waals surface area contributed by atoms with Gasteiger partial charge >= 0.3 is 0 Å². The minimum atomic E-state index is 0.0670. The Morgan fingerprint density at radius 2 is 1.72 bits per heavy atom. The molecule has 0 unspecified atom stereocenters. The minimum Gasteiger partial charge on any atom is -0.472 e. The van der Waals surface area contributed by atoms with Crippen LogP contribution in [0.3, 0.4) is 0 Å². The van der Waals surface area contributed by atoms with Gasteiger partial charge in [-0.05, 0) is 30.5 Å². The van der Waals surface area contributed by atoms with Gasteiger partial charge in [-0.2, -0.15) is 0 Å². The second-order valence-electron chi connectivity index (χ2n) is 4.72. The summed E-state index contributed by atoms with van der Waals surface area (Å²) >= 11 is 7.35. The Kier molecular flexibility index (Phi) is 4.68. The van der Waals surface area contributed by atoms with Gasteiger partial charge in [-0.25, -0.2) is 0 Å². The molecule has 1 nitrogen and oxygen atoms in total. The molecule has 0 saturated carbocycles. The maximum atomic E-state index is 5.17. The summed E-state index contributed by atoms with van der Waals surface area (Å²) in [5, 5.41) is 1.83. The molecule has 96 valence electrons. The van der Waals surface area contributed by atoms with E-state index in [1.54, 1.807) is 6.26 Å². The fourth-order valence-corrected chi connectivity index (χ4v) is 4.05. The van der Waals surface area contributed by atoms with E-state index in [4.69, 9.17) is 4.42 Å². The van der Waals surface area contributed by atoms with E-state index in [0.717, 1.165) is 17.1 Å². The highest BCUT2D eigenvalue weighted by atomic mass is 79.9. The SMILES string of the molecule is Cc1ccc(C(CBr)(CBr)Cc2ccoc2)cc1. The van der Waals surface area contributed by atoms with Gasteiger partial charge in [-0.15, -0.1) is 0 Å². The molecule has 3 heteroatoms. The Morgan fingerprint density at radius 3 is 2.22 bits per heavy atom. The lowest BCUT2D eigenvalue weighted by molar-refractivity contribution is 0.532. The summed E-state index contributed by atoms with van der Waals surface area (Å²) in [6, 6.07) is 10.8. The lowest BCUT2D eigenvalue weighted by atomic mass is 9.79. The predicted octanol–water partition coefficient (Wildman–Crippen LogP) is 4.86. The summed E-state index contributed by atoms with van der Waals surface area (Å²) in [7, 11) is 0. The molecule has 0 amide bonds. The van der Waals surface area contributed by atoms with Gasteiger partial charge in [0.15, 0.2) is 0 Å². The number of aryl methyl sites for hydroxylation is 1. The molecule has 0 radical (unpaired) electrons. The van der Waals surface area contributed by atoms with Gasteiger partial charge in [0.05, 0.1) is 12.5 Å². The Morgan fingerprint density at radius 1 is 1.06 bits per heavy atom. The van der Waals surface area contributed by atoms with Crippen LogP contribution >= 0.6 is 31.9 Å². The van der Waals surface area contributed by atoms with Crippen LogP contribution in [0.4, 0.5) is 0 Å². The molecule has 0 aliphatic heterocycles. The van der Waals surface area contributed by atoms with Crippen molar-refractivity contribution in [2.24, 2.45) is 0 Å². The van der Waals surface area contributed by atoms with Gasteiger partial charge in [-0.3, -0.25) is 0 Å². The van der Waals surface area contributed by atoms with Gasteiger partial charge in [0.1, 0.15) is 0 Å². The zero-order chi connectivity index (χ0) is 13.0. The van der Waals surface area contributed by atoms with Gasteiger partial charge < -0.3 is 4.42 Å². The van der Waals surface area contributed by atoms with Crippen LogP contribution in [0.15, 0.2) is 47.3 Å². The summed E-state index contributed by atoms with van der Waals surface area (Å²) in [6.45, 7) is 2.11. The van der Waals surface area contributed by atoms with Crippen molar-refractivity contribution in [1.29, 1.82) is 0 Å². The number of halogens is 2. The molecule has 1 aromatic carbocycles. The molecule has 1 aromatic heterocycles. The number of hydrogen-bond donors (Lipinski definition) is 0. The van der Waals surface area contributed by atoms with E-state index in [2.05, 4.69) is 63.0 Å². The van der Waals surface area contributed by atoms with Crippen LogP contribution < -0.4 is 0 Å². The number of benzene rings is 1. The third-order valence-corrected chi connectivity index (χ3v) is 5.44. The van der Waals surface area contributed by atoms with Gasteiger partial charge in [0.2, 0.25) is 0 Å². The van der Waals surface area contributed by atoms with E-state index in [-0.39, 0.29) is 5.41 Å². The third-order valence-electron chi connectivity index (χ3n) is 3.30. The van der Waals surface area contributed by atoms with Crippen molar-refractivity contribution in [3.05, 3.63) is 59.5 Å². The van der Waals surface area contributed by atoms with Crippen LogP contribution in [-0.4, -0.2) is 10.7 Å². The van der Waals surface area contributed by atoms with Gasteiger partial charge in [0, 0.05) is 16.1 Å². The zero-order valence-electron chi connectivity index (χ0n) is 10.3. The average Bonchev–Trinajstić information content (AvgIpc) is 2.90. The van der Waals surface area contributed by atoms with Crippen molar-refractivity contribution in [3.63, 3.8) is 0 Å². The Balaban J connectivity index is 2.33. The van der Waals surface area contributed by atoms with Crippen LogP contribution in [0.5, 0.6) is 0 Å². The molecule has 0 fully saturated rings. The topological polar surface area (TPSA) is 13.1 Å². The summed E-state index contributed by atoms with van der Waals surface area (Å²) < 4.78 is 5.17. The van der Waals surface area contributed by atoms with Gasteiger partial charge in [0.25, 0.3) is 0 Å². The maximum Gasteiger partial charge on any atom is 0.0934 e. The molecule has 1 heterocycles. The molecule has 0 aliphatic carbocycles. The first-order valence-electron chi connectivity index (χ1n) is 5.90. The number of hydrogen-bond acceptors (Lipinski definition) is 1. The first-order chi connectivity index (χ1) is 8.70. The molecule has 0 aliphatic rings. The quantitative estimate of drug-likeness (QED) is 0.684. The van der Waals surface area contributed by atoms with E-state index in [1.165, 1.54) is 16.7 Å². The molecule has 0 spiro atoms. The Bertz CT molecular complexity index is 470. The van der Waals surface area contributed by atoms with E-state index in [9.17, 15) is 0 Å². The molecule has 18 heavy (non-hydrogen) atoms. The average molecular weight is 372 g/mol. The molecule has 2 rings (SSSR count). The normalized spacial score (nSPS) is 11.7. The van der Waals surface area contributed by atoms with Crippen LogP contribution in [0.2, 0.25) is 0 Å². The van der Waals surface area contributed by atoms with E-state index in [0.29, 0.717) is 0 Å². The number of rotatable bonds is 5. The predicted molar refractivity (Wildman–Crippen MR) is 82.9 cm³/mol. The fourth-order valence-electron chi connectivity index (χ4n) is 2.08. The molecule has 0 atom stereocenters. The summed E-state index contributed by atoms with van der Waals surface area (Å²) in [5.74, 6) is 0. The highest BCUT2D eigenvalue weighted by Crippen LogP contribution is 2.33. The van der Waals surface area contributed by atoms with Crippen LogP contribution in [0.25, 0.3) is 0 Å². The largest absolute Gasteiger partial charge is 0.472 e. The van der Waals surface area contributed by atoms with Crippen molar-refractivity contribution in [2.45, 2.75) is 18.8 Å². The molecular formula is C15H16Br2O. The first kappa shape index (κ1) is 13.9. The highest BCUT2D eigenvalue weighted by Gasteiger charge is 2.30. The standard InChI is InChI=1S/C15H16Br2O/c1-12-2-4-14(5-3-12)15(10-16,11-17)8-13-6-7-18-9-13/h2-7,9H,8,10-11H2,1H3. The fraction of sp³-hybridized carbons (Fsp3) is 0.333. The smallest absolute Gasteiger partial charge is 0.0934 e. The zero-order valence-corrected chi connectivity index (χ0v) is 13.5. The second kappa shape index (κ2) is 6.07. The summed E-state index contributed by atoms with van der Waals surface area (Å²) in [5.41, 5.74) is 3.94. The highest BCUT2D eigenvalue weighted by molar-refractivity contribution is 9.09. The van der Waals surface area contributed by atoms with Crippen molar-refractivity contribution in [1.82, 2.24) is 0 Å². The molecule has 0 N–H and O–H groups in total. The van der Waals surface area contributed by atoms with E-state index < -0.39 is 0 Å². The van der Waals surface area contributed by atoms with E-state index >= 15 is 0 Å². The van der Waals surface area contributed by atoms with Crippen LogP contribution in [-0.2, 0) is 11.8 Å². The van der Waals surface area contributed by atoms with Crippen LogP contribution in [0, 0.1) is 6.92 Å². The van der Waals surface area contributed by atoms with Crippen LogP contribution in [0.1, 0.15) is 16.7 Å². The Labute approximate surface area is 125 Å². The lowest BCUT2D eigenvalue weighted by Gasteiger charge is -2.30. The van der Waals surface area contributed by atoms with E-state index in [1.807, 2.05) is 12.3 Å².